The van der Waals surface area contributed by atoms with E-state index in [0.29, 0.717) is 18.8 Å². The van der Waals surface area contributed by atoms with Crippen LogP contribution in [0.1, 0.15) is 24.3 Å². The summed E-state index contributed by atoms with van der Waals surface area (Å²) in [6.45, 7) is 4.43. The van der Waals surface area contributed by atoms with E-state index in [-0.39, 0.29) is 24.3 Å². The number of nitrogens with zero attached hydrogens (tertiary/aromatic N) is 2. The van der Waals surface area contributed by atoms with Crippen molar-refractivity contribution in [2.45, 2.75) is 25.6 Å². The van der Waals surface area contributed by atoms with E-state index in [1.54, 1.807) is 4.90 Å². The maximum absolute atomic E-state index is 12.3. The van der Waals surface area contributed by atoms with Crippen LogP contribution in [-0.4, -0.2) is 57.5 Å². The number of nitrogens with one attached hydrogen (secondary N) is 1. The molecule has 2 heterocycles. The maximum atomic E-state index is 12.3. The summed E-state index contributed by atoms with van der Waals surface area (Å²) in [5.74, 6) is -0.222. The average molecular weight is 254 g/mol. The normalized spacial score (nSPS) is 23.1. The number of nitrogen functional groups attached to an aromatic ring is 1. The molecular formula is C11H18N4O3. The second-order valence-electron chi connectivity index (χ2n) is 5.07. The quantitative estimate of drug-likeness (QED) is 0.666. The van der Waals surface area contributed by atoms with Crippen LogP contribution in [0.5, 0.6) is 0 Å². The molecule has 1 saturated heterocycles. The van der Waals surface area contributed by atoms with Gasteiger partial charge in [0.05, 0.1) is 30.2 Å². The number of aromatic amines is 1. The van der Waals surface area contributed by atoms with Gasteiger partial charge in [0.1, 0.15) is 5.69 Å². The molecule has 1 aromatic rings. The van der Waals surface area contributed by atoms with Gasteiger partial charge in [0, 0.05) is 13.1 Å². The highest BCUT2D eigenvalue weighted by molar-refractivity contribution is 5.97. The number of carbonyl (C=O) groups is 1. The standard InChI is InChI=1S/C11H18N4O3/c1-11(2)6-15(4-7(5-16)18-11)10(17)9-8(12)3-13-14-9/h3,7,16H,4-6,12H2,1-2H3,(H,13,14). The third-order valence-electron chi connectivity index (χ3n) is 2.85. The Hall–Kier alpha value is -1.60. The topological polar surface area (TPSA) is 104 Å². The third-order valence-corrected chi connectivity index (χ3v) is 2.85. The summed E-state index contributed by atoms with van der Waals surface area (Å²) in [5.41, 5.74) is 5.78. The van der Waals surface area contributed by atoms with Crippen molar-refractivity contribution in [1.29, 1.82) is 0 Å². The first-order chi connectivity index (χ1) is 8.43. The van der Waals surface area contributed by atoms with Crippen LogP contribution in [0.15, 0.2) is 6.20 Å². The van der Waals surface area contributed by atoms with Gasteiger partial charge in [0.2, 0.25) is 0 Å². The fourth-order valence-corrected chi connectivity index (χ4v) is 2.17. The molecule has 1 amide bonds. The van der Waals surface area contributed by atoms with Crippen molar-refractivity contribution in [3.8, 4) is 0 Å². The molecule has 1 fully saturated rings. The molecule has 100 valence electrons. The summed E-state index contributed by atoms with van der Waals surface area (Å²) >= 11 is 0. The average Bonchev–Trinajstić information content (AvgIpc) is 2.72. The first kappa shape index (κ1) is 12.8. The Morgan fingerprint density at radius 1 is 1.78 bits per heavy atom. The smallest absolute Gasteiger partial charge is 0.274 e. The van der Waals surface area contributed by atoms with Crippen LogP contribution in [0.25, 0.3) is 0 Å². The molecule has 7 heteroatoms. The lowest BCUT2D eigenvalue weighted by atomic mass is 10.0. The van der Waals surface area contributed by atoms with E-state index >= 15 is 0 Å². The number of rotatable bonds is 2. The number of aromatic nitrogens is 2. The number of aliphatic hydroxyl groups excluding tert-OH is 1. The van der Waals surface area contributed by atoms with Gasteiger partial charge in [-0.1, -0.05) is 0 Å². The Kier molecular flexibility index (Phi) is 3.27. The lowest BCUT2D eigenvalue weighted by Gasteiger charge is -2.42. The number of anilines is 1. The molecule has 0 saturated carbocycles. The summed E-state index contributed by atoms with van der Waals surface area (Å²) in [7, 11) is 0. The second kappa shape index (κ2) is 4.58. The summed E-state index contributed by atoms with van der Waals surface area (Å²) in [4.78, 5) is 13.9. The van der Waals surface area contributed by atoms with Gasteiger partial charge in [-0.05, 0) is 13.8 Å². The van der Waals surface area contributed by atoms with Gasteiger partial charge in [-0.25, -0.2) is 0 Å². The minimum atomic E-state index is -0.490. The molecule has 2 rings (SSSR count). The van der Waals surface area contributed by atoms with Crippen molar-refractivity contribution >= 4 is 11.6 Å². The zero-order valence-corrected chi connectivity index (χ0v) is 10.5. The molecule has 1 unspecified atom stereocenters. The number of ether oxygens (including phenoxy) is 1. The van der Waals surface area contributed by atoms with Gasteiger partial charge in [0.15, 0.2) is 0 Å². The number of nitrogens with two attached hydrogens (primary N) is 1. The molecule has 1 atom stereocenters. The summed E-state index contributed by atoms with van der Waals surface area (Å²) in [6, 6.07) is 0. The van der Waals surface area contributed by atoms with E-state index in [9.17, 15) is 9.90 Å². The molecule has 1 aliphatic rings. The molecule has 0 radical (unpaired) electrons. The van der Waals surface area contributed by atoms with E-state index in [2.05, 4.69) is 10.2 Å². The van der Waals surface area contributed by atoms with Crippen molar-refractivity contribution in [3.05, 3.63) is 11.9 Å². The van der Waals surface area contributed by atoms with Gasteiger partial charge in [-0.2, -0.15) is 5.10 Å². The Morgan fingerprint density at radius 2 is 2.50 bits per heavy atom. The fourth-order valence-electron chi connectivity index (χ4n) is 2.17. The monoisotopic (exact) mass is 254 g/mol. The van der Waals surface area contributed by atoms with Gasteiger partial charge in [-0.15, -0.1) is 0 Å². The minimum Gasteiger partial charge on any atom is -0.396 e. The van der Waals surface area contributed by atoms with Gasteiger partial charge in [0.25, 0.3) is 5.91 Å². The van der Waals surface area contributed by atoms with Gasteiger partial charge in [-0.3, -0.25) is 9.89 Å². The molecule has 4 N–H and O–H groups in total. The Bertz CT molecular complexity index is 443. The zero-order chi connectivity index (χ0) is 13.3. The fraction of sp³-hybridized carbons (Fsp3) is 0.636. The molecule has 1 aliphatic heterocycles. The summed E-state index contributed by atoms with van der Waals surface area (Å²) in [5, 5.41) is 15.5. The predicted octanol–water partition coefficient (Wildman–Crippen LogP) is -0.396. The summed E-state index contributed by atoms with van der Waals surface area (Å²) in [6.07, 6.45) is 1.03. The molecule has 0 spiro atoms. The van der Waals surface area contributed by atoms with Crippen LogP contribution in [0.2, 0.25) is 0 Å². The van der Waals surface area contributed by atoms with Crippen LogP contribution in [0.4, 0.5) is 5.69 Å². The van der Waals surface area contributed by atoms with Crippen LogP contribution in [0.3, 0.4) is 0 Å². The molecule has 0 aromatic carbocycles. The van der Waals surface area contributed by atoms with Crippen molar-refractivity contribution in [2.24, 2.45) is 0 Å². The van der Waals surface area contributed by atoms with Crippen LogP contribution < -0.4 is 5.73 Å². The highest BCUT2D eigenvalue weighted by Gasteiger charge is 2.36. The number of amides is 1. The lowest BCUT2D eigenvalue weighted by Crippen LogP contribution is -2.55. The minimum absolute atomic E-state index is 0.119. The Balaban J connectivity index is 2.17. The number of carbonyl (C=O) groups excluding carboxylic acids is 1. The van der Waals surface area contributed by atoms with E-state index in [1.807, 2.05) is 13.8 Å². The highest BCUT2D eigenvalue weighted by Crippen LogP contribution is 2.23. The molecule has 0 bridgehead atoms. The van der Waals surface area contributed by atoms with Gasteiger partial charge >= 0.3 is 0 Å². The number of H-pyrrole nitrogens is 1. The number of hydrogen-bond donors (Lipinski definition) is 3. The van der Waals surface area contributed by atoms with Crippen molar-refractivity contribution < 1.29 is 14.6 Å². The van der Waals surface area contributed by atoms with Gasteiger partial charge < -0.3 is 20.5 Å². The van der Waals surface area contributed by atoms with E-state index < -0.39 is 5.60 Å². The molecule has 18 heavy (non-hydrogen) atoms. The molecule has 1 aromatic heterocycles. The van der Waals surface area contributed by atoms with Crippen molar-refractivity contribution in [3.63, 3.8) is 0 Å². The molecular weight excluding hydrogens is 236 g/mol. The van der Waals surface area contributed by atoms with E-state index in [4.69, 9.17) is 10.5 Å². The van der Waals surface area contributed by atoms with E-state index in [1.165, 1.54) is 6.20 Å². The summed E-state index contributed by atoms with van der Waals surface area (Å²) < 4.78 is 5.65. The largest absolute Gasteiger partial charge is 0.396 e. The van der Waals surface area contributed by atoms with Crippen LogP contribution in [0, 0.1) is 0 Å². The number of morpholine rings is 1. The van der Waals surface area contributed by atoms with Crippen LogP contribution in [-0.2, 0) is 4.74 Å². The highest BCUT2D eigenvalue weighted by atomic mass is 16.5. The number of hydrogen-bond acceptors (Lipinski definition) is 5. The van der Waals surface area contributed by atoms with Crippen LogP contribution >= 0.6 is 0 Å². The van der Waals surface area contributed by atoms with E-state index in [0.717, 1.165) is 0 Å². The SMILES string of the molecule is CC1(C)CN(C(=O)c2[nH]ncc2N)CC(CO)O1. The van der Waals surface area contributed by atoms with Crippen molar-refractivity contribution in [1.82, 2.24) is 15.1 Å². The Labute approximate surface area is 105 Å². The zero-order valence-electron chi connectivity index (χ0n) is 10.5. The predicted molar refractivity (Wildman–Crippen MR) is 64.9 cm³/mol. The molecule has 7 nitrogen and oxygen atoms in total. The van der Waals surface area contributed by atoms with Crippen molar-refractivity contribution in [2.75, 3.05) is 25.4 Å². The second-order valence-corrected chi connectivity index (χ2v) is 5.07. The maximum Gasteiger partial charge on any atom is 0.274 e. The lowest BCUT2D eigenvalue weighted by molar-refractivity contribution is -0.139. The number of aliphatic hydroxyl groups is 1. The first-order valence-electron chi connectivity index (χ1n) is 5.80. The first-order valence-corrected chi connectivity index (χ1v) is 5.80. The third kappa shape index (κ3) is 2.46. The molecule has 0 aliphatic carbocycles. The Morgan fingerprint density at radius 3 is 3.06 bits per heavy atom.